The summed E-state index contributed by atoms with van der Waals surface area (Å²) in [6, 6.07) is 0. The van der Waals surface area contributed by atoms with Gasteiger partial charge < -0.3 is 5.32 Å². The van der Waals surface area contributed by atoms with Gasteiger partial charge in [0.25, 0.3) is 0 Å². The van der Waals surface area contributed by atoms with Crippen LogP contribution in [0.2, 0.25) is 0 Å². The molecule has 0 aromatic carbocycles. The smallest absolute Gasteiger partial charge is 0.152 e. The second-order valence-electron chi connectivity index (χ2n) is 4.91. The highest BCUT2D eigenvalue weighted by molar-refractivity contribution is 7.91. The van der Waals surface area contributed by atoms with Crippen molar-refractivity contribution in [1.82, 2.24) is 15.8 Å². The molecule has 2 aliphatic rings. The van der Waals surface area contributed by atoms with Gasteiger partial charge in [0.1, 0.15) is 0 Å². The van der Waals surface area contributed by atoms with E-state index in [1.807, 2.05) is 0 Å². The molecular weight excluding hydrogens is 226 g/mol. The molecule has 94 valence electrons. The van der Waals surface area contributed by atoms with Gasteiger partial charge in [-0.15, -0.1) is 0 Å². The van der Waals surface area contributed by atoms with E-state index >= 15 is 0 Å². The molecule has 2 aliphatic heterocycles. The minimum Gasteiger partial charge on any atom is -0.317 e. The molecule has 0 aromatic rings. The van der Waals surface area contributed by atoms with Crippen molar-refractivity contribution in [3.63, 3.8) is 0 Å². The van der Waals surface area contributed by atoms with Gasteiger partial charge in [0, 0.05) is 25.9 Å². The summed E-state index contributed by atoms with van der Waals surface area (Å²) in [5, 5.41) is 5.20. The maximum atomic E-state index is 11.4. The van der Waals surface area contributed by atoms with Crippen LogP contribution in [0.15, 0.2) is 0 Å². The fourth-order valence-electron chi connectivity index (χ4n) is 2.41. The van der Waals surface area contributed by atoms with Gasteiger partial charge in [-0.1, -0.05) is 0 Å². The van der Waals surface area contributed by atoms with E-state index in [1.54, 1.807) is 0 Å². The molecule has 6 heteroatoms. The average Bonchev–Trinajstić information content (AvgIpc) is 2.67. The third-order valence-corrected chi connectivity index (χ3v) is 5.04. The summed E-state index contributed by atoms with van der Waals surface area (Å²) in [7, 11) is -2.89. The van der Waals surface area contributed by atoms with Gasteiger partial charge in [0.2, 0.25) is 0 Å². The number of sulfone groups is 1. The van der Waals surface area contributed by atoms with E-state index in [2.05, 4.69) is 15.8 Å². The monoisotopic (exact) mass is 247 g/mol. The van der Waals surface area contributed by atoms with Crippen LogP contribution in [0.25, 0.3) is 0 Å². The quantitative estimate of drug-likeness (QED) is 0.685. The first-order valence-corrected chi connectivity index (χ1v) is 7.89. The van der Waals surface area contributed by atoms with Crippen LogP contribution in [0.4, 0.5) is 0 Å². The number of rotatable bonds is 3. The molecule has 2 saturated heterocycles. The zero-order valence-corrected chi connectivity index (χ0v) is 10.6. The maximum Gasteiger partial charge on any atom is 0.152 e. The Kier molecular flexibility index (Phi) is 3.84. The van der Waals surface area contributed by atoms with Gasteiger partial charge in [-0.05, 0) is 31.8 Å². The van der Waals surface area contributed by atoms with Gasteiger partial charge in [-0.25, -0.2) is 13.4 Å². The highest BCUT2D eigenvalue weighted by Gasteiger charge is 2.31. The Hall–Kier alpha value is -0.170. The van der Waals surface area contributed by atoms with E-state index in [9.17, 15) is 8.42 Å². The predicted octanol–water partition coefficient (Wildman–Crippen LogP) is -0.781. The molecule has 0 aliphatic carbocycles. The van der Waals surface area contributed by atoms with Gasteiger partial charge in [-0.2, -0.15) is 0 Å². The Bertz CT molecular complexity index is 325. The van der Waals surface area contributed by atoms with E-state index in [4.69, 9.17) is 0 Å². The number of nitrogens with zero attached hydrogens (tertiary/aromatic N) is 1. The third kappa shape index (κ3) is 3.16. The topological polar surface area (TPSA) is 61.4 Å². The highest BCUT2D eigenvalue weighted by Crippen LogP contribution is 2.15. The molecule has 0 saturated carbocycles. The van der Waals surface area contributed by atoms with Gasteiger partial charge in [0.15, 0.2) is 9.84 Å². The molecule has 0 aromatic heterocycles. The molecule has 0 spiro atoms. The maximum absolute atomic E-state index is 11.4. The van der Waals surface area contributed by atoms with Crippen molar-refractivity contribution in [2.45, 2.75) is 18.1 Å². The highest BCUT2D eigenvalue weighted by atomic mass is 32.2. The largest absolute Gasteiger partial charge is 0.317 e. The van der Waals surface area contributed by atoms with Crippen LogP contribution in [0.3, 0.4) is 0 Å². The van der Waals surface area contributed by atoms with Crippen molar-refractivity contribution in [2.75, 3.05) is 39.0 Å². The van der Waals surface area contributed by atoms with Crippen LogP contribution in [-0.4, -0.2) is 57.7 Å². The summed E-state index contributed by atoms with van der Waals surface area (Å²) in [6.45, 7) is 4.38. The molecule has 1 unspecified atom stereocenters. The summed E-state index contributed by atoms with van der Waals surface area (Å²) in [5.41, 5.74) is 3.19. The van der Waals surface area contributed by atoms with Crippen molar-refractivity contribution in [1.29, 1.82) is 0 Å². The molecule has 0 radical (unpaired) electrons. The van der Waals surface area contributed by atoms with Crippen molar-refractivity contribution in [2.24, 2.45) is 5.92 Å². The van der Waals surface area contributed by atoms with Crippen LogP contribution >= 0.6 is 0 Å². The average molecular weight is 247 g/mol. The van der Waals surface area contributed by atoms with Crippen LogP contribution in [0.5, 0.6) is 0 Å². The Morgan fingerprint density at radius 2 is 2.00 bits per heavy atom. The number of hydrogen-bond donors (Lipinski definition) is 2. The number of nitrogens with one attached hydrogen (secondary N) is 2. The lowest BCUT2D eigenvalue weighted by Gasteiger charge is -2.27. The third-order valence-electron chi connectivity index (χ3n) is 3.51. The first-order chi connectivity index (χ1) is 7.55. The van der Waals surface area contributed by atoms with E-state index in [0.29, 0.717) is 19.0 Å². The van der Waals surface area contributed by atoms with Gasteiger partial charge >= 0.3 is 0 Å². The fourth-order valence-corrected chi connectivity index (χ4v) is 3.24. The summed E-state index contributed by atoms with van der Waals surface area (Å²) in [6.07, 6.45) is 3.72. The van der Waals surface area contributed by atoms with Crippen molar-refractivity contribution in [3.05, 3.63) is 0 Å². The second kappa shape index (κ2) is 5.00. The van der Waals surface area contributed by atoms with E-state index in [0.717, 1.165) is 19.6 Å². The number of hydrogen-bond acceptors (Lipinski definition) is 5. The molecule has 0 amide bonds. The summed E-state index contributed by atoms with van der Waals surface area (Å²) >= 11 is 0. The lowest BCUT2D eigenvalue weighted by molar-refractivity contribution is 0.189. The first kappa shape index (κ1) is 12.3. The zero-order chi connectivity index (χ0) is 11.6. The molecule has 1 atom stereocenters. The lowest BCUT2D eigenvalue weighted by atomic mass is 9.98. The van der Waals surface area contributed by atoms with Crippen LogP contribution in [0.1, 0.15) is 12.8 Å². The summed E-state index contributed by atoms with van der Waals surface area (Å²) < 4.78 is 22.8. The van der Waals surface area contributed by atoms with Crippen LogP contribution < -0.4 is 10.7 Å². The van der Waals surface area contributed by atoms with E-state index in [-0.39, 0.29) is 5.25 Å². The molecule has 2 fully saturated rings. The van der Waals surface area contributed by atoms with Crippen molar-refractivity contribution >= 4 is 9.84 Å². The standard InChI is InChI=1S/C10H21N3O2S/c1-16(14,15)10-6-12-13(8-10)7-9-2-4-11-5-3-9/h9-12H,2-8H2,1H3. The van der Waals surface area contributed by atoms with E-state index < -0.39 is 9.84 Å². The summed E-state index contributed by atoms with van der Waals surface area (Å²) in [5.74, 6) is 0.701. The Balaban J connectivity index is 1.80. The SMILES string of the molecule is CS(=O)(=O)C1CNN(CC2CCNCC2)C1. The second-order valence-corrected chi connectivity index (χ2v) is 7.24. The number of hydrazine groups is 1. The normalized spacial score (nSPS) is 29.7. The zero-order valence-electron chi connectivity index (χ0n) is 9.78. The first-order valence-electron chi connectivity index (χ1n) is 5.94. The summed E-state index contributed by atoms with van der Waals surface area (Å²) in [4.78, 5) is 0. The molecular formula is C10H21N3O2S. The predicted molar refractivity (Wildman–Crippen MR) is 63.8 cm³/mol. The Labute approximate surface area is 97.5 Å². The van der Waals surface area contributed by atoms with Gasteiger partial charge in [-0.3, -0.25) is 5.43 Å². The molecule has 2 heterocycles. The molecule has 2 rings (SSSR count). The minimum atomic E-state index is -2.89. The fraction of sp³-hybridized carbons (Fsp3) is 1.00. The minimum absolute atomic E-state index is 0.228. The van der Waals surface area contributed by atoms with Gasteiger partial charge in [0.05, 0.1) is 5.25 Å². The van der Waals surface area contributed by atoms with Crippen molar-refractivity contribution in [3.8, 4) is 0 Å². The molecule has 0 bridgehead atoms. The Morgan fingerprint density at radius 3 is 2.56 bits per heavy atom. The lowest BCUT2D eigenvalue weighted by Crippen LogP contribution is -2.39. The molecule has 5 nitrogen and oxygen atoms in total. The van der Waals surface area contributed by atoms with E-state index in [1.165, 1.54) is 19.1 Å². The molecule has 16 heavy (non-hydrogen) atoms. The van der Waals surface area contributed by atoms with Crippen LogP contribution in [-0.2, 0) is 9.84 Å². The van der Waals surface area contributed by atoms with Crippen LogP contribution in [0, 0.1) is 5.92 Å². The van der Waals surface area contributed by atoms with Crippen molar-refractivity contribution < 1.29 is 8.42 Å². The molecule has 2 N–H and O–H groups in total. The Morgan fingerprint density at radius 1 is 1.31 bits per heavy atom. The number of piperidine rings is 1.